The Labute approximate surface area is 215 Å². The summed E-state index contributed by atoms with van der Waals surface area (Å²) in [6, 6.07) is 5.04. The van der Waals surface area contributed by atoms with Crippen LogP contribution in [-0.4, -0.2) is 83.1 Å². The number of ether oxygens (including phenoxy) is 1. The molecule has 0 aromatic heterocycles. The van der Waals surface area contributed by atoms with Crippen LogP contribution in [-0.2, 0) is 9.53 Å². The molecule has 10 heteroatoms. The number of urea groups is 1. The first kappa shape index (κ1) is 25.5. The second kappa shape index (κ2) is 9.79. The van der Waals surface area contributed by atoms with Crippen LogP contribution < -0.4 is 5.32 Å². The van der Waals surface area contributed by atoms with Crippen LogP contribution in [0.3, 0.4) is 0 Å². The van der Waals surface area contributed by atoms with Gasteiger partial charge >= 0.3 is 12.1 Å². The molecule has 3 aliphatic rings. The van der Waals surface area contributed by atoms with Crippen LogP contribution in [0.2, 0.25) is 10.0 Å². The number of hydrogen-bond donors (Lipinski definition) is 1. The van der Waals surface area contributed by atoms with Gasteiger partial charge in [0.2, 0.25) is 5.91 Å². The van der Waals surface area contributed by atoms with E-state index >= 15 is 0 Å². The van der Waals surface area contributed by atoms with E-state index in [9.17, 15) is 14.4 Å². The van der Waals surface area contributed by atoms with Gasteiger partial charge in [0, 0.05) is 44.8 Å². The van der Waals surface area contributed by atoms with Gasteiger partial charge in [0.25, 0.3) is 0 Å². The van der Waals surface area contributed by atoms with Gasteiger partial charge in [-0.1, -0.05) is 35.0 Å². The number of amides is 4. The van der Waals surface area contributed by atoms with Gasteiger partial charge in [0.1, 0.15) is 11.1 Å². The van der Waals surface area contributed by atoms with E-state index in [4.69, 9.17) is 27.9 Å². The van der Waals surface area contributed by atoms with Crippen molar-refractivity contribution in [3.8, 4) is 11.8 Å². The average Bonchev–Trinajstić information content (AvgIpc) is 3.52. The van der Waals surface area contributed by atoms with Crippen molar-refractivity contribution in [2.45, 2.75) is 44.8 Å². The average molecular weight is 521 g/mol. The highest BCUT2D eigenvalue weighted by molar-refractivity contribution is 6.42. The molecule has 1 saturated carbocycles. The molecule has 1 aromatic rings. The zero-order valence-electron chi connectivity index (χ0n) is 20.2. The molecule has 2 heterocycles. The monoisotopic (exact) mass is 520 g/mol. The topological polar surface area (TPSA) is 82.2 Å². The minimum absolute atomic E-state index is 0.0241. The van der Waals surface area contributed by atoms with Crippen molar-refractivity contribution in [2.24, 2.45) is 5.92 Å². The first-order valence-electron chi connectivity index (χ1n) is 11.8. The Hall–Kier alpha value is -2.63. The van der Waals surface area contributed by atoms with E-state index < -0.39 is 11.1 Å². The van der Waals surface area contributed by atoms with Crippen molar-refractivity contribution in [1.82, 2.24) is 20.0 Å². The number of hydrogen-bond acceptors (Lipinski definition) is 4. The van der Waals surface area contributed by atoms with E-state index in [2.05, 4.69) is 17.2 Å². The molecule has 188 valence electrons. The standard InChI is InChI=1S/C25H30Cl2N4O4/c1-24(2,3)35-23(34)31-15-18(16-31)21(32)29-10-12-30(13-11-29)22(33)28-25(8-9-25)7-6-17-4-5-19(26)20(27)14-17/h4-5,14,18H,8-13,15-16H2,1-3H3,(H,28,33). The molecule has 1 aliphatic carbocycles. The number of benzene rings is 1. The predicted octanol–water partition coefficient (Wildman–Crippen LogP) is 3.60. The molecule has 35 heavy (non-hydrogen) atoms. The zero-order chi connectivity index (χ0) is 25.4. The summed E-state index contributed by atoms with van der Waals surface area (Å²) in [7, 11) is 0. The summed E-state index contributed by atoms with van der Waals surface area (Å²) in [4.78, 5) is 42.8. The summed E-state index contributed by atoms with van der Waals surface area (Å²) in [5.74, 6) is 6.06. The van der Waals surface area contributed by atoms with E-state index in [1.165, 1.54) is 0 Å². The lowest BCUT2D eigenvalue weighted by molar-refractivity contribution is -0.142. The van der Waals surface area contributed by atoms with Gasteiger partial charge in [-0.15, -0.1) is 0 Å². The van der Waals surface area contributed by atoms with Crippen LogP contribution in [0, 0.1) is 17.8 Å². The summed E-state index contributed by atoms with van der Waals surface area (Å²) in [6.07, 6.45) is 1.20. The third kappa shape index (κ3) is 6.33. The molecule has 8 nitrogen and oxygen atoms in total. The molecule has 2 saturated heterocycles. The Bertz CT molecular complexity index is 1070. The third-order valence-electron chi connectivity index (χ3n) is 6.22. The molecular weight excluding hydrogens is 491 g/mol. The molecule has 1 aromatic carbocycles. The van der Waals surface area contributed by atoms with Crippen molar-refractivity contribution >= 4 is 41.2 Å². The zero-order valence-corrected chi connectivity index (χ0v) is 21.7. The largest absolute Gasteiger partial charge is 0.444 e. The fraction of sp³-hybridized carbons (Fsp3) is 0.560. The Morgan fingerprint density at radius 2 is 1.63 bits per heavy atom. The lowest BCUT2D eigenvalue weighted by Crippen LogP contribution is -2.60. The van der Waals surface area contributed by atoms with E-state index in [1.807, 2.05) is 20.8 Å². The van der Waals surface area contributed by atoms with Crippen molar-refractivity contribution in [3.05, 3.63) is 33.8 Å². The van der Waals surface area contributed by atoms with E-state index in [-0.39, 0.29) is 23.9 Å². The SMILES string of the molecule is CC(C)(C)OC(=O)N1CC(C(=O)N2CCN(C(=O)NC3(C#Cc4ccc(Cl)c(Cl)c4)CC3)CC2)C1. The fourth-order valence-electron chi connectivity index (χ4n) is 3.95. The second-order valence-corrected chi connectivity index (χ2v) is 11.1. The summed E-state index contributed by atoms with van der Waals surface area (Å²) < 4.78 is 5.34. The number of halogens is 2. The van der Waals surface area contributed by atoms with Gasteiger partial charge in [0.05, 0.1) is 16.0 Å². The van der Waals surface area contributed by atoms with Crippen LogP contribution in [0.4, 0.5) is 9.59 Å². The number of carbonyl (C=O) groups is 3. The first-order chi connectivity index (χ1) is 16.4. The highest BCUT2D eigenvalue weighted by Gasteiger charge is 2.44. The minimum atomic E-state index is -0.558. The molecule has 0 bridgehead atoms. The lowest BCUT2D eigenvalue weighted by Gasteiger charge is -2.42. The Balaban J connectivity index is 1.22. The van der Waals surface area contributed by atoms with Gasteiger partial charge in [0.15, 0.2) is 0 Å². The van der Waals surface area contributed by atoms with Crippen LogP contribution in [0.15, 0.2) is 18.2 Å². The third-order valence-corrected chi connectivity index (χ3v) is 6.96. The van der Waals surface area contributed by atoms with Gasteiger partial charge in [-0.3, -0.25) is 4.79 Å². The first-order valence-corrected chi connectivity index (χ1v) is 12.5. The molecule has 0 spiro atoms. The van der Waals surface area contributed by atoms with Gasteiger partial charge in [-0.2, -0.15) is 0 Å². The summed E-state index contributed by atoms with van der Waals surface area (Å²) in [5, 5.41) is 3.97. The fourth-order valence-corrected chi connectivity index (χ4v) is 4.25. The van der Waals surface area contributed by atoms with Gasteiger partial charge in [-0.25, -0.2) is 9.59 Å². The predicted molar refractivity (Wildman–Crippen MR) is 133 cm³/mol. The summed E-state index contributed by atoms with van der Waals surface area (Å²) in [5.41, 5.74) is -0.335. The van der Waals surface area contributed by atoms with Gasteiger partial charge in [-0.05, 0) is 51.8 Å². The van der Waals surface area contributed by atoms with Gasteiger partial charge < -0.3 is 24.8 Å². The molecule has 3 fully saturated rings. The van der Waals surface area contributed by atoms with Crippen molar-refractivity contribution in [1.29, 1.82) is 0 Å². The second-order valence-electron chi connectivity index (χ2n) is 10.3. The van der Waals surface area contributed by atoms with Crippen LogP contribution in [0.5, 0.6) is 0 Å². The summed E-state index contributed by atoms with van der Waals surface area (Å²) in [6.45, 7) is 8.03. The number of likely N-dealkylation sites (tertiary alicyclic amines) is 1. The van der Waals surface area contributed by atoms with Crippen molar-refractivity contribution in [3.63, 3.8) is 0 Å². The Morgan fingerprint density at radius 3 is 2.20 bits per heavy atom. The molecule has 4 rings (SSSR count). The maximum atomic E-state index is 12.8. The number of rotatable bonds is 2. The Kier molecular flexibility index (Phi) is 7.12. The minimum Gasteiger partial charge on any atom is -0.444 e. The normalized spacial score (nSPS) is 19.3. The van der Waals surface area contributed by atoms with Crippen molar-refractivity contribution < 1.29 is 19.1 Å². The lowest BCUT2D eigenvalue weighted by atomic mass is 9.98. The van der Waals surface area contributed by atoms with E-state index in [1.54, 1.807) is 32.9 Å². The number of piperazine rings is 1. The molecular formula is C25H30Cl2N4O4. The number of carbonyl (C=O) groups excluding carboxylic acids is 3. The molecule has 4 amide bonds. The van der Waals surface area contributed by atoms with E-state index in [0.29, 0.717) is 49.3 Å². The quantitative estimate of drug-likeness (QED) is 0.604. The maximum absolute atomic E-state index is 12.8. The number of nitrogens with one attached hydrogen (secondary N) is 1. The smallest absolute Gasteiger partial charge is 0.410 e. The van der Waals surface area contributed by atoms with Crippen LogP contribution >= 0.6 is 23.2 Å². The molecule has 0 unspecified atom stereocenters. The Morgan fingerprint density at radius 1 is 1.00 bits per heavy atom. The van der Waals surface area contributed by atoms with Crippen molar-refractivity contribution in [2.75, 3.05) is 39.3 Å². The number of nitrogens with zero attached hydrogens (tertiary/aromatic N) is 3. The summed E-state index contributed by atoms with van der Waals surface area (Å²) >= 11 is 12.0. The molecule has 1 N–H and O–H groups in total. The van der Waals surface area contributed by atoms with E-state index in [0.717, 1.165) is 18.4 Å². The van der Waals surface area contributed by atoms with Crippen LogP contribution in [0.25, 0.3) is 0 Å². The molecule has 2 aliphatic heterocycles. The highest BCUT2D eigenvalue weighted by atomic mass is 35.5. The highest BCUT2D eigenvalue weighted by Crippen LogP contribution is 2.35. The maximum Gasteiger partial charge on any atom is 0.410 e. The molecule has 0 atom stereocenters. The van der Waals surface area contributed by atoms with Crippen LogP contribution in [0.1, 0.15) is 39.2 Å². The molecule has 0 radical (unpaired) electrons.